The van der Waals surface area contributed by atoms with Gasteiger partial charge in [0, 0.05) is 12.6 Å². The van der Waals surface area contributed by atoms with Gasteiger partial charge < -0.3 is 10.6 Å². The van der Waals surface area contributed by atoms with Crippen LogP contribution in [-0.2, 0) is 4.79 Å². The number of carbonyl (C=O) groups is 1. The van der Waals surface area contributed by atoms with E-state index in [1.54, 1.807) is 0 Å². The van der Waals surface area contributed by atoms with Gasteiger partial charge in [-0.3, -0.25) is 14.9 Å². The van der Waals surface area contributed by atoms with Crippen molar-refractivity contribution in [2.24, 2.45) is 5.73 Å². The number of pyridine rings is 1. The molecule has 1 aromatic rings. The lowest BCUT2D eigenvalue weighted by atomic mass is 10.3. The second kappa shape index (κ2) is 6.89. The molecule has 1 rings (SSSR count). The molecule has 0 aliphatic rings. The number of hydrogen-bond acceptors (Lipinski definition) is 5. The van der Waals surface area contributed by atoms with E-state index < -0.39 is 10.8 Å². The molecular weight excluding hydrogens is 272 g/mol. The van der Waals surface area contributed by atoms with Gasteiger partial charge in [-0.25, -0.2) is 4.98 Å². The van der Waals surface area contributed by atoms with Gasteiger partial charge in [-0.2, -0.15) is 0 Å². The minimum atomic E-state index is -0.577. The maximum Gasteiger partial charge on any atom is 0.311 e. The molecule has 0 bridgehead atoms. The molecule has 1 amide bonds. The Balaban J connectivity index is 3.14. The molecule has 0 radical (unpaired) electrons. The lowest BCUT2D eigenvalue weighted by molar-refractivity contribution is -0.384. The molecule has 0 aromatic carbocycles. The summed E-state index contributed by atoms with van der Waals surface area (Å²) in [5, 5.41) is 11.1. The molecule has 0 aliphatic carbocycles. The number of carbonyl (C=O) groups excluding carboxylic acids is 1. The molecule has 0 aliphatic heterocycles. The number of amides is 1. The normalized spacial score (nSPS) is 10.2. The number of nitro groups is 1. The molecule has 0 spiro atoms. The van der Waals surface area contributed by atoms with Crippen LogP contribution in [0.4, 0.5) is 11.5 Å². The lowest BCUT2D eigenvalue weighted by Gasteiger charge is -2.21. The number of halogens is 1. The van der Waals surface area contributed by atoms with E-state index in [-0.39, 0.29) is 23.2 Å². The van der Waals surface area contributed by atoms with Crippen LogP contribution in [0.5, 0.6) is 0 Å². The molecule has 1 aromatic heterocycles. The molecular formula is C11H15ClN4O3. The Morgan fingerprint density at radius 3 is 2.79 bits per heavy atom. The van der Waals surface area contributed by atoms with Crippen LogP contribution in [0.25, 0.3) is 0 Å². The number of hydrogen-bond donors (Lipinski definition) is 1. The van der Waals surface area contributed by atoms with Crippen molar-refractivity contribution in [1.29, 1.82) is 0 Å². The fourth-order valence-electron chi connectivity index (χ4n) is 1.59. The summed E-state index contributed by atoms with van der Waals surface area (Å²) in [6.45, 7) is 2.30. The number of nitrogens with two attached hydrogens (primary N) is 1. The van der Waals surface area contributed by atoms with E-state index in [2.05, 4.69) is 4.98 Å². The summed E-state index contributed by atoms with van der Waals surface area (Å²) < 4.78 is 0. The fourth-order valence-corrected chi connectivity index (χ4v) is 1.73. The Hall–Kier alpha value is -1.89. The Kier molecular flexibility index (Phi) is 5.50. The van der Waals surface area contributed by atoms with Crippen molar-refractivity contribution >= 4 is 29.0 Å². The third kappa shape index (κ3) is 4.36. The van der Waals surface area contributed by atoms with Gasteiger partial charge in [0.25, 0.3) is 0 Å². The van der Waals surface area contributed by atoms with E-state index in [9.17, 15) is 14.9 Å². The van der Waals surface area contributed by atoms with Crippen LogP contribution in [0, 0.1) is 10.1 Å². The van der Waals surface area contributed by atoms with Gasteiger partial charge in [0.15, 0.2) is 0 Å². The molecule has 0 unspecified atom stereocenters. The fraction of sp³-hybridized carbons (Fsp3) is 0.455. The van der Waals surface area contributed by atoms with Gasteiger partial charge in [0.1, 0.15) is 5.15 Å². The zero-order valence-corrected chi connectivity index (χ0v) is 11.3. The first-order valence-electron chi connectivity index (χ1n) is 5.80. The maximum absolute atomic E-state index is 11.1. The Labute approximate surface area is 115 Å². The highest BCUT2D eigenvalue weighted by Crippen LogP contribution is 2.27. The van der Waals surface area contributed by atoms with Crippen molar-refractivity contribution in [2.45, 2.75) is 19.8 Å². The second-order valence-electron chi connectivity index (χ2n) is 3.98. The number of primary amides is 1. The number of aromatic nitrogens is 1. The zero-order valence-electron chi connectivity index (χ0n) is 10.5. The molecule has 8 heteroatoms. The summed E-state index contributed by atoms with van der Waals surface area (Å²) in [5.74, 6) is -0.503. The molecule has 0 atom stereocenters. The van der Waals surface area contributed by atoms with Crippen LogP contribution in [0.1, 0.15) is 19.8 Å². The topological polar surface area (TPSA) is 102 Å². The Morgan fingerprint density at radius 2 is 2.26 bits per heavy atom. The predicted octanol–water partition coefficient (Wildman–Crippen LogP) is 1.73. The quantitative estimate of drug-likeness (QED) is 0.467. The third-order valence-electron chi connectivity index (χ3n) is 2.45. The molecule has 104 valence electrons. The van der Waals surface area contributed by atoms with Crippen molar-refractivity contribution in [3.8, 4) is 0 Å². The summed E-state index contributed by atoms with van der Waals surface area (Å²) >= 11 is 5.76. The molecule has 2 N–H and O–H groups in total. The van der Waals surface area contributed by atoms with E-state index in [1.165, 1.54) is 17.0 Å². The highest BCUT2D eigenvalue weighted by atomic mass is 35.5. The summed E-state index contributed by atoms with van der Waals surface area (Å²) in [6.07, 6.45) is 1.64. The molecule has 19 heavy (non-hydrogen) atoms. The summed E-state index contributed by atoms with van der Waals surface area (Å²) in [4.78, 5) is 26.9. The van der Waals surface area contributed by atoms with Gasteiger partial charge in [-0.05, 0) is 12.5 Å². The van der Waals surface area contributed by atoms with E-state index in [1.807, 2.05) is 6.92 Å². The predicted molar refractivity (Wildman–Crippen MR) is 72.2 cm³/mol. The average molecular weight is 287 g/mol. The van der Waals surface area contributed by atoms with Crippen molar-refractivity contribution in [2.75, 3.05) is 18.0 Å². The van der Waals surface area contributed by atoms with Crippen molar-refractivity contribution < 1.29 is 9.72 Å². The van der Waals surface area contributed by atoms with Gasteiger partial charge in [-0.1, -0.05) is 24.9 Å². The standard InChI is InChI=1S/C11H15ClN4O3/c1-2-3-6-15(7-10(13)17)11-8(16(18)19)4-5-9(12)14-11/h4-5H,2-3,6-7H2,1H3,(H2,13,17). The van der Waals surface area contributed by atoms with E-state index in [0.29, 0.717) is 6.54 Å². The molecule has 0 saturated carbocycles. The highest BCUT2D eigenvalue weighted by Gasteiger charge is 2.22. The van der Waals surface area contributed by atoms with E-state index >= 15 is 0 Å². The first-order valence-corrected chi connectivity index (χ1v) is 6.17. The largest absolute Gasteiger partial charge is 0.368 e. The molecule has 0 fully saturated rings. The summed E-state index contributed by atoms with van der Waals surface area (Å²) in [5.41, 5.74) is 4.96. The number of rotatable bonds is 7. The number of nitrogens with zero attached hydrogens (tertiary/aromatic N) is 3. The van der Waals surface area contributed by atoms with E-state index in [0.717, 1.165) is 12.8 Å². The van der Waals surface area contributed by atoms with Crippen LogP contribution in [0.3, 0.4) is 0 Å². The maximum atomic E-state index is 11.1. The molecule has 0 saturated heterocycles. The smallest absolute Gasteiger partial charge is 0.311 e. The summed E-state index contributed by atoms with van der Waals surface area (Å²) in [6, 6.07) is 2.61. The second-order valence-corrected chi connectivity index (χ2v) is 4.36. The van der Waals surface area contributed by atoms with Crippen LogP contribution < -0.4 is 10.6 Å². The first-order chi connectivity index (χ1) is 8.95. The van der Waals surface area contributed by atoms with Gasteiger partial charge >= 0.3 is 5.69 Å². The highest BCUT2D eigenvalue weighted by molar-refractivity contribution is 6.29. The molecule has 7 nitrogen and oxygen atoms in total. The van der Waals surface area contributed by atoms with E-state index in [4.69, 9.17) is 17.3 Å². The van der Waals surface area contributed by atoms with Crippen molar-refractivity contribution in [3.05, 3.63) is 27.4 Å². The Bertz CT molecular complexity index is 481. The molecule has 1 heterocycles. The van der Waals surface area contributed by atoms with Gasteiger partial charge in [0.2, 0.25) is 11.7 Å². The van der Waals surface area contributed by atoms with Crippen LogP contribution in [-0.4, -0.2) is 28.9 Å². The Morgan fingerprint density at radius 1 is 1.58 bits per heavy atom. The first kappa shape index (κ1) is 15.2. The minimum Gasteiger partial charge on any atom is -0.368 e. The van der Waals surface area contributed by atoms with Gasteiger partial charge in [-0.15, -0.1) is 0 Å². The third-order valence-corrected chi connectivity index (χ3v) is 2.66. The van der Waals surface area contributed by atoms with Gasteiger partial charge in [0.05, 0.1) is 11.5 Å². The number of anilines is 1. The minimum absolute atomic E-state index is 0.0738. The SMILES string of the molecule is CCCCN(CC(N)=O)c1nc(Cl)ccc1[N+](=O)[O-]. The van der Waals surface area contributed by atoms with Crippen LogP contribution in [0.2, 0.25) is 5.15 Å². The lowest BCUT2D eigenvalue weighted by Crippen LogP contribution is -2.35. The van der Waals surface area contributed by atoms with Crippen molar-refractivity contribution in [3.63, 3.8) is 0 Å². The zero-order chi connectivity index (χ0) is 14.4. The summed E-state index contributed by atoms with van der Waals surface area (Å²) in [7, 11) is 0. The number of unbranched alkanes of at least 4 members (excludes halogenated alkanes) is 1. The van der Waals surface area contributed by atoms with Crippen LogP contribution >= 0.6 is 11.6 Å². The van der Waals surface area contributed by atoms with Crippen LogP contribution in [0.15, 0.2) is 12.1 Å². The monoisotopic (exact) mass is 286 g/mol. The van der Waals surface area contributed by atoms with Crippen molar-refractivity contribution in [1.82, 2.24) is 4.98 Å². The average Bonchev–Trinajstić information content (AvgIpc) is 2.33.